The fraction of sp³-hybridized carbons (Fsp3) is 0.190. The summed E-state index contributed by atoms with van der Waals surface area (Å²) < 4.78 is 52.0. The van der Waals surface area contributed by atoms with E-state index >= 15 is 0 Å². The fourth-order valence-electron chi connectivity index (χ4n) is 3.29. The average Bonchev–Trinajstić information content (AvgIpc) is 3.10. The normalized spacial score (nSPS) is 17.1. The van der Waals surface area contributed by atoms with Crippen LogP contribution < -0.4 is 5.32 Å². The lowest BCUT2D eigenvalue weighted by Gasteiger charge is -2.29. The van der Waals surface area contributed by atoms with Crippen molar-refractivity contribution in [1.29, 1.82) is 0 Å². The Bertz CT molecular complexity index is 1190. The maximum absolute atomic E-state index is 13.5. The zero-order chi connectivity index (χ0) is 22.0. The van der Waals surface area contributed by atoms with Crippen molar-refractivity contribution in [2.75, 3.05) is 13.2 Å². The summed E-state index contributed by atoms with van der Waals surface area (Å²) in [5.74, 6) is -2.10. The summed E-state index contributed by atoms with van der Waals surface area (Å²) in [6.45, 7) is 0.421. The summed E-state index contributed by atoms with van der Waals surface area (Å²) in [5, 5.41) is 5.43. The van der Waals surface area contributed by atoms with Gasteiger partial charge in [-0.2, -0.15) is 0 Å². The van der Waals surface area contributed by atoms with Crippen LogP contribution in [0.5, 0.6) is 0 Å². The Kier molecular flexibility index (Phi) is 6.55. The molecule has 1 N–H and O–H groups in total. The van der Waals surface area contributed by atoms with E-state index in [1.165, 1.54) is 23.6 Å². The van der Waals surface area contributed by atoms with E-state index in [1.54, 1.807) is 17.5 Å². The summed E-state index contributed by atoms with van der Waals surface area (Å²) in [6.07, 6.45) is 3.14. The number of amides is 1. The number of carbonyl (C=O) groups is 1. The Hall–Kier alpha value is -2.09. The maximum Gasteiger partial charge on any atom is 0.347 e. The minimum atomic E-state index is -3.82. The third-order valence-corrected chi connectivity index (χ3v) is 8.09. The first-order chi connectivity index (χ1) is 14.9. The molecule has 5 nitrogen and oxygen atoms in total. The number of nitrogens with one attached hydrogen (secondary N) is 1. The van der Waals surface area contributed by atoms with Gasteiger partial charge < -0.3 is 14.4 Å². The van der Waals surface area contributed by atoms with Crippen LogP contribution in [-0.4, -0.2) is 19.1 Å². The van der Waals surface area contributed by atoms with Gasteiger partial charge in [-0.05, 0) is 64.7 Å². The van der Waals surface area contributed by atoms with Gasteiger partial charge in [0.1, 0.15) is 11.6 Å². The molecule has 2 aromatic carbocycles. The van der Waals surface area contributed by atoms with Crippen molar-refractivity contribution in [1.82, 2.24) is 5.32 Å². The van der Waals surface area contributed by atoms with E-state index in [9.17, 15) is 18.1 Å². The lowest BCUT2D eigenvalue weighted by Crippen LogP contribution is -2.28. The molecule has 31 heavy (non-hydrogen) atoms. The number of carbonyl (C=O) groups excluding carboxylic acids is 1. The van der Waals surface area contributed by atoms with Crippen molar-refractivity contribution in [3.63, 3.8) is 0 Å². The molecule has 0 aliphatic carbocycles. The van der Waals surface area contributed by atoms with Crippen molar-refractivity contribution >= 4 is 52.6 Å². The molecule has 1 amide bonds. The van der Waals surface area contributed by atoms with E-state index in [2.05, 4.69) is 5.32 Å². The molecule has 162 valence electrons. The zero-order valence-electron chi connectivity index (χ0n) is 16.0. The SMILES string of the molecule is O=C(N/C=C/c1cc(F)cc(F)c1)C(c1csc2ccc(Cl)cc12)P1(=O)OCCCO1. The van der Waals surface area contributed by atoms with Gasteiger partial charge in [0, 0.05) is 22.0 Å². The first-order valence-corrected chi connectivity index (χ1v) is 12.2. The predicted octanol–water partition coefficient (Wildman–Crippen LogP) is 6.29. The van der Waals surface area contributed by atoms with Crippen molar-refractivity contribution in [3.8, 4) is 0 Å². The van der Waals surface area contributed by atoms with E-state index in [-0.39, 0.29) is 18.8 Å². The quantitative estimate of drug-likeness (QED) is 0.433. The Labute approximate surface area is 186 Å². The second-order valence-corrected chi connectivity index (χ2v) is 10.3. The number of hydrogen-bond acceptors (Lipinski definition) is 5. The summed E-state index contributed by atoms with van der Waals surface area (Å²) >= 11 is 7.51. The van der Waals surface area contributed by atoms with E-state index in [4.69, 9.17) is 20.6 Å². The molecule has 1 aromatic heterocycles. The van der Waals surface area contributed by atoms with Crippen LogP contribution in [0.2, 0.25) is 5.02 Å². The van der Waals surface area contributed by atoms with Crippen LogP contribution in [0.1, 0.15) is 23.2 Å². The first-order valence-electron chi connectivity index (χ1n) is 9.34. The number of benzene rings is 2. The monoisotopic (exact) mass is 483 g/mol. The Balaban J connectivity index is 1.67. The van der Waals surface area contributed by atoms with Crippen LogP contribution >= 0.6 is 30.5 Å². The maximum atomic E-state index is 13.5. The van der Waals surface area contributed by atoms with Gasteiger partial charge in [-0.3, -0.25) is 9.36 Å². The molecule has 1 aliphatic rings. The summed E-state index contributed by atoms with van der Waals surface area (Å²) in [5.41, 5.74) is -0.525. The molecule has 0 spiro atoms. The second kappa shape index (κ2) is 9.18. The molecule has 0 radical (unpaired) electrons. The third kappa shape index (κ3) is 4.89. The third-order valence-electron chi connectivity index (χ3n) is 4.64. The van der Waals surface area contributed by atoms with Crippen LogP contribution in [0.15, 0.2) is 48.0 Å². The van der Waals surface area contributed by atoms with Crippen LogP contribution in [-0.2, 0) is 18.4 Å². The molecular weight excluding hydrogens is 467 g/mol. The molecule has 1 unspecified atom stereocenters. The Morgan fingerprint density at radius 1 is 1.16 bits per heavy atom. The van der Waals surface area contributed by atoms with Crippen molar-refractivity contribution < 1.29 is 27.2 Å². The molecule has 2 heterocycles. The van der Waals surface area contributed by atoms with Gasteiger partial charge in [0.05, 0.1) is 13.2 Å². The van der Waals surface area contributed by atoms with Crippen LogP contribution in [0.4, 0.5) is 8.78 Å². The van der Waals surface area contributed by atoms with Gasteiger partial charge in [0.25, 0.3) is 0 Å². The average molecular weight is 484 g/mol. The fourth-order valence-corrected chi connectivity index (χ4v) is 6.58. The number of fused-ring (bicyclic) bond motifs is 1. The molecule has 0 bridgehead atoms. The van der Waals surface area contributed by atoms with E-state index in [0.717, 1.165) is 22.9 Å². The number of hydrogen-bond donors (Lipinski definition) is 1. The lowest BCUT2D eigenvalue weighted by atomic mass is 10.1. The molecule has 1 saturated heterocycles. The standard InChI is InChI=1S/C21H17ClF2NO4PS/c22-14-2-3-19-17(10-14)18(12-31-19)20(30(27)28-6-1-7-29-30)21(26)25-5-4-13-8-15(23)11-16(24)9-13/h2-5,8-12,20H,1,6-7H2,(H,25,26)/b5-4+. The Morgan fingerprint density at radius 2 is 1.87 bits per heavy atom. The van der Waals surface area contributed by atoms with Crippen molar-refractivity contribution in [2.45, 2.75) is 12.1 Å². The molecule has 1 aliphatic heterocycles. The highest BCUT2D eigenvalue weighted by atomic mass is 35.5. The topological polar surface area (TPSA) is 64.6 Å². The number of halogens is 3. The van der Waals surface area contributed by atoms with Crippen LogP contribution in [0.3, 0.4) is 0 Å². The smallest absolute Gasteiger partial charge is 0.332 e. The van der Waals surface area contributed by atoms with Gasteiger partial charge in [-0.15, -0.1) is 11.3 Å². The largest absolute Gasteiger partial charge is 0.347 e. The van der Waals surface area contributed by atoms with Crippen molar-refractivity contribution in [2.24, 2.45) is 0 Å². The van der Waals surface area contributed by atoms with Gasteiger partial charge in [0.2, 0.25) is 5.91 Å². The molecule has 3 aromatic rings. The molecule has 1 fully saturated rings. The summed E-state index contributed by atoms with van der Waals surface area (Å²) in [6, 6.07) is 8.24. The molecule has 0 saturated carbocycles. The molecule has 1 atom stereocenters. The molecular formula is C21H17ClF2NO4PS. The highest BCUT2D eigenvalue weighted by Crippen LogP contribution is 2.63. The number of rotatable bonds is 5. The lowest BCUT2D eigenvalue weighted by molar-refractivity contribution is -0.120. The molecule has 10 heteroatoms. The molecule has 4 rings (SSSR count). The minimum absolute atomic E-state index is 0.211. The highest BCUT2D eigenvalue weighted by Gasteiger charge is 2.45. The predicted molar refractivity (Wildman–Crippen MR) is 117 cm³/mol. The zero-order valence-corrected chi connectivity index (χ0v) is 18.5. The van der Waals surface area contributed by atoms with E-state index < -0.39 is 30.8 Å². The minimum Gasteiger partial charge on any atom is -0.332 e. The second-order valence-electron chi connectivity index (χ2n) is 6.84. The van der Waals surface area contributed by atoms with Gasteiger partial charge in [-0.25, -0.2) is 8.78 Å². The number of thiophene rings is 1. The van der Waals surface area contributed by atoms with Gasteiger partial charge in [-0.1, -0.05) is 11.6 Å². The van der Waals surface area contributed by atoms with Gasteiger partial charge in [0.15, 0.2) is 5.66 Å². The first kappa shape index (κ1) is 22.1. The van der Waals surface area contributed by atoms with Gasteiger partial charge >= 0.3 is 7.60 Å². The highest BCUT2D eigenvalue weighted by molar-refractivity contribution is 7.55. The Morgan fingerprint density at radius 3 is 2.58 bits per heavy atom. The summed E-state index contributed by atoms with van der Waals surface area (Å²) in [7, 11) is -3.82. The van der Waals surface area contributed by atoms with Crippen LogP contribution in [0, 0.1) is 11.6 Å². The van der Waals surface area contributed by atoms with Crippen LogP contribution in [0.25, 0.3) is 16.2 Å². The summed E-state index contributed by atoms with van der Waals surface area (Å²) in [4.78, 5) is 13.1. The van der Waals surface area contributed by atoms with E-state index in [1.807, 2.05) is 6.07 Å². The van der Waals surface area contributed by atoms with E-state index in [0.29, 0.717) is 22.4 Å². The van der Waals surface area contributed by atoms with Crippen molar-refractivity contribution in [3.05, 3.63) is 75.8 Å².